The van der Waals surface area contributed by atoms with Crippen molar-refractivity contribution in [3.05, 3.63) is 35.5 Å². The van der Waals surface area contributed by atoms with Gasteiger partial charge in [-0.3, -0.25) is 4.79 Å². The van der Waals surface area contributed by atoms with Crippen molar-refractivity contribution in [2.75, 3.05) is 0 Å². The van der Waals surface area contributed by atoms with E-state index >= 15 is 0 Å². The van der Waals surface area contributed by atoms with Crippen LogP contribution in [0.5, 0.6) is 0 Å². The number of H-pyrrole nitrogens is 1. The number of hydrogen-bond donors (Lipinski definition) is 3. The summed E-state index contributed by atoms with van der Waals surface area (Å²) < 4.78 is 26.6. The molecule has 2 aromatic heterocycles. The molecule has 0 amide bonds. The molecular formula is C9H7BrN2O5S3. The number of carboxylic acids is 1. The van der Waals surface area contributed by atoms with Crippen LogP contribution in [0.2, 0.25) is 0 Å². The van der Waals surface area contributed by atoms with E-state index in [1.54, 1.807) is 0 Å². The molecule has 0 aliphatic rings. The van der Waals surface area contributed by atoms with E-state index in [2.05, 4.69) is 25.6 Å². The average molecular weight is 399 g/mol. The topological polar surface area (TPSA) is 116 Å². The molecule has 2 aromatic rings. The van der Waals surface area contributed by atoms with E-state index in [4.69, 9.17) is 5.11 Å². The molecule has 11 heteroatoms. The summed E-state index contributed by atoms with van der Waals surface area (Å²) in [6.07, 6.45) is 0. The normalized spacial score (nSPS) is 11.7. The Morgan fingerprint density at radius 1 is 1.50 bits per heavy atom. The number of thiophene rings is 1. The van der Waals surface area contributed by atoms with Gasteiger partial charge in [-0.2, -0.15) is 0 Å². The maximum Gasteiger partial charge on any atom is 0.345 e. The number of aromatic carboxylic acids is 1. The first-order valence-electron chi connectivity index (χ1n) is 4.98. The lowest BCUT2D eigenvalue weighted by atomic mass is 10.5. The highest BCUT2D eigenvalue weighted by molar-refractivity contribution is 9.11. The number of hydrogen-bond acceptors (Lipinski definition) is 6. The fraction of sp³-hybridized carbons (Fsp3) is 0.111. The lowest BCUT2D eigenvalue weighted by Crippen LogP contribution is -2.23. The Morgan fingerprint density at radius 3 is 2.70 bits per heavy atom. The zero-order valence-corrected chi connectivity index (χ0v) is 13.6. The molecular weight excluding hydrogens is 392 g/mol. The van der Waals surface area contributed by atoms with E-state index < -0.39 is 16.0 Å². The van der Waals surface area contributed by atoms with E-state index in [1.807, 2.05) is 0 Å². The molecule has 108 valence electrons. The van der Waals surface area contributed by atoms with Gasteiger partial charge in [-0.1, -0.05) is 11.3 Å². The number of nitrogens with one attached hydrogen (secondary N) is 2. The zero-order valence-electron chi connectivity index (χ0n) is 9.54. The molecule has 20 heavy (non-hydrogen) atoms. The van der Waals surface area contributed by atoms with Gasteiger partial charge in [-0.25, -0.2) is 17.9 Å². The van der Waals surface area contributed by atoms with Crippen molar-refractivity contribution >= 4 is 54.6 Å². The van der Waals surface area contributed by atoms with Crippen molar-refractivity contribution < 1.29 is 18.3 Å². The average Bonchev–Trinajstić information content (AvgIpc) is 2.93. The van der Waals surface area contributed by atoms with Crippen molar-refractivity contribution in [3.63, 3.8) is 0 Å². The van der Waals surface area contributed by atoms with Crippen LogP contribution in [0.4, 0.5) is 0 Å². The van der Waals surface area contributed by atoms with Crippen LogP contribution < -0.4 is 9.60 Å². The first-order chi connectivity index (χ1) is 9.29. The van der Waals surface area contributed by atoms with Gasteiger partial charge in [0.15, 0.2) is 0 Å². The van der Waals surface area contributed by atoms with Gasteiger partial charge in [0.05, 0.1) is 10.3 Å². The molecule has 0 atom stereocenters. The second-order valence-electron chi connectivity index (χ2n) is 3.55. The van der Waals surface area contributed by atoms with E-state index in [-0.39, 0.29) is 25.0 Å². The van der Waals surface area contributed by atoms with Crippen LogP contribution in [0.1, 0.15) is 15.4 Å². The minimum atomic E-state index is -3.86. The van der Waals surface area contributed by atoms with Gasteiger partial charge in [0.25, 0.3) is 0 Å². The molecule has 2 heterocycles. The van der Waals surface area contributed by atoms with Gasteiger partial charge < -0.3 is 10.1 Å². The molecule has 0 aromatic carbocycles. The molecule has 7 nitrogen and oxygen atoms in total. The minimum Gasteiger partial charge on any atom is -0.477 e. The summed E-state index contributed by atoms with van der Waals surface area (Å²) in [6.45, 7) is -0.0776. The smallest absolute Gasteiger partial charge is 0.345 e. The maximum atomic E-state index is 12.1. The minimum absolute atomic E-state index is 0.0776. The molecule has 0 aliphatic carbocycles. The van der Waals surface area contributed by atoms with Gasteiger partial charge >= 0.3 is 10.8 Å². The standard InChI is InChI=1S/C9H7BrN2O5S3/c10-7-6(1-5(19-7)8(13)14)20(16,17)11-2-4-3-18-9(15)12-4/h1,3,11H,2H2,(H,12,15)(H,13,14). The van der Waals surface area contributed by atoms with Crippen LogP contribution in [-0.2, 0) is 16.6 Å². The van der Waals surface area contributed by atoms with Crippen LogP contribution in [0.25, 0.3) is 0 Å². The molecule has 0 saturated carbocycles. The Morgan fingerprint density at radius 2 is 2.20 bits per heavy atom. The van der Waals surface area contributed by atoms with Crippen LogP contribution >= 0.6 is 38.6 Å². The maximum absolute atomic E-state index is 12.1. The van der Waals surface area contributed by atoms with E-state index in [0.29, 0.717) is 5.69 Å². The van der Waals surface area contributed by atoms with Crippen LogP contribution in [0.3, 0.4) is 0 Å². The number of thiazole rings is 1. The van der Waals surface area contributed by atoms with Crippen molar-refractivity contribution in [3.8, 4) is 0 Å². The lowest BCUT2D eigenvalue weighted by Gasteiger charge is -2.03. The molecule has 0 bridgehead atoms. The predicted octanol–water partition coefficient (Wildman–Crippen LogP) is 1.44. The third-order valence-electron chi connectivity index (χ3n) is 2.18. The highest BCUT2D eigenvalue weighted by Crippen LogP contribution is 2.31. The predicted molar refractivity (Wildman–Crippen MR) is 77.9 cm³/mol. The highest BCUT2D eigenvalue weighted by atomic mass is 79.9. The van der Waals surface area contributed by atoms with Crippen molar-refractivity contribution in [2.45, 2.75) is 11.4 Å². The molecule has 0 aliphatic heterocycles. The third kappa shape index (κ3) is 3.35. The largest absolute Gasteiger partial charge is 0.477 e. The Labute approximate surface area is 129 Å². The SMILES string of the molecule is O=C(O)c1cc(S(=O)(=O)NCc2csc(=O)[nH]2)c(Br)s1. The van der Waals surface area contributed by atoms with Crippen LogP contribution in [0.15, 0.2) is 24.9 Å². The first-order valence-corrected chi connectivity index (χ1v) is 8.96. The quantitative estimate of drug-likeness (QED) is 0.704. The van der Waals surface area contributed by atoms with Gasteiger partial charge in [0.2, 0.25) is 10.0 Å². The number of halogens is 1. The lowest BCUT2D eigenvalue weighted by molar-refractivity contribution is 0.0702. The number of aromatic nitrogens is 1. The summed E-state index contributed by atoms with van der Waals surface area (Å²) >= 11 is 4.78. The van der Waals surface area contributed by atoms with Crippen molar-refractivity contribution in [1.82, 2.24) is 9.71 Å². The Bertz CT molecular complexity index is 804. The van der Waals surface area contributed by atoms with E-state index in [0.717, 1.165) is 28.7 Å². The van der Waals surface area contributed by atoms with Crippen LogP contribution in [-0.4, -0.2) is 24.5 Å². The van der Waals surface area contributed by atoms with Gasteiger partial charge in [-0.15, -0.1) is 11.3 Å². The number of sulfonamides is 1. The molecule has 0 fully saturated rings. The molecule has 0 unspecified atom stereocenters. The van der Waals surface area contributed by atoms with Gasteiger partial charge in [-0.05, 0) is 22.0 Å². The second kappa shape index (κ2) is 5.77. The molecule has 0 saturated heterocycles. The van der Waals surface area contributed by atoms with E-state index in [1.165, 1.54) is 5.38 Å². The third-order valence-corrected chi connectivity index (χ3v) is 6.54. The monoisotopic (exact) mass is 398 g/mol. The summed E-state index contributed by atoms with van der Waals surface area (Å²) in [4.78, 5) is 23.7. The van der Waals surface area contributed by atoms with Gasteiger partial charge in [0, 0.05) is 11.1 Å². The molecule has 0 radical (unpaired) electrons. The molecule has 0 spiro atoms. The number of aromatic amines is 1. The number of carbonyl (C=O) groups is 1. The summed E-state index contributed by atoms with van der Waals surface area (Å²) in [7, 11) is -3.86. The fourth-order valence-corrected chi connectivity index (χ4v) is 5.28. The van der Waals surface area contributed by atoms with Crippen molar-refractivity contribution in [1.29, 1.82) is 0 Å². The van der Waals surface area contributed by atoms with E-state index in [9.17, 15) is 18.0 Å². The Kier molecular flexibility index (Phi) is 4.44. The Balaban J connectivity index is 2.22. The summed E-state index contributed by atoms with van der Waals surface area (Å²) in [5.41, 5.74) is 0.438. The zero-order chi connectivity index (χ0) is 14.9. The van der Waals surface area contributed by atoms with Crippen LogP contribution in [0, 0.1) is 0 Å². The first kappa shape index (κ1) is 15.4. The summed E-state index contributed by atoms with van der Waals surface area (Å²) in [6, 6.07) is 1.08. The highest BCUT2D eigenvalue weighted by Gasteiger charge is 2.23. The molecule has 3 N–H and O–H groups in total. The van der Waals surface area contributed by atoms with Gasteiger partial charge in [0.1, 0.15) is 9.77 Å². The Hall–Kier alpha value is -1.01. The summed E-state index contributed by atoms with van der Waals surface area (Å²) in [5, 5.41) is 10.3. The molecule has 2 rings (SSSR count). The van der Waals surface area contributed by atoms with Crippen molar-refractivity contribution in [2.24, 2.45) is 0 Å². The number of rotatable bonds is 5. The summed E-state index contributed by atoms with van der Waals surface area (Å²) in [5.74, 6) is -1.20. The second-order valence-corrected chi connectivity index (χ2v) is 8.50. The fourth-order valence-electron chi connectivity index (χ4n) is 1.29. The number of carboxylic acid groups (broad SMARTS) is 1.